The number of aromatic amines is 1. The summed E-state index contributed by atoms with van der Waals surface area (Å²) in [4.78, 5) is 22.5. The van der Waals surface area contributed by atoms with E-state index in [9.17, 15) is 9.18 Å². The first-order valence-electron chi connectivity index (χ1n) is 9.30. The van der Waals surface area contributed by atoms with Gasteiger partial charge in [0.25, 0.3) is 0 Å². The van der Waals surface area contributed by atoms with Gasteiger partial charge in [0, 0.05) is 11.7 Å². The third kappa shape index (κ3) is 4.22. The van der Waals surface area contributed by atoms with Crippen molar-refractivity contribution in [3.05, 3.63) is 72.3 Å². The number of anilines is 1. The lowest BCUT2D eigenvalue weighted by Crippen LogP contribution is -2.09. The third-order valence-corrected chi connectivity index (χ3v) is 4.68. The first kappa shape index (κ1) is 19.4. The number of carboxylic acid groups (broad SMARTS) is 1. The fourth-order valence-electron chi connectivity index (χ4n) is 3.13. The molecule has 0 spiro atoms. The van der Waals surface area contributed by atoms with Gasteiger partial charge in [0.05, 0.1) is 5.39 Å². The molecule has 3 N–H and O–H groups in total. The van der Waals surface area contributed by atoms with Crippen LogP contribution in [0.1, 0.15) is 18.5 Å². The predicted octanol–water partition coefficient (Wildman–Crippen LogP) is 4.40. The summed E-state index contributed by atoms with van der Waals surface area (Å²) in [7, 11) is 0. The van der Waals surface area contributed by atoms with E-state index in [1.165, 1.54) is 18.5 Å². The number of fused-ring (bicyclic) bond motifs is 1. The molecule has 0 bridgehead atoms. The van der Waals surface area contributed by atoms with Crippen LogP contribution in [0.3, 0.4) is 0 Å². The molecular formula is C22H19FN4O3. The van der Waals surface area contributed by atoms with Gasteiger partial charge in [0.2, 0.25) is 0 Å². The van der Waals surface area contributed by atoms with Crippen LogP contribution in [0, 0.1) is 5.82 Å². The summed E-state index contributed by atoms with van der Waals surface area (Å²) in [5, 5.41) is 12.9. The van der Waals surface area contributed by atoms with Crippen LogP contribution < -0.4 is 10.1 Å². The van der Waals surface area contributed by atoms with Crippen molar-refractivity contribution in [1.82, 2.24) is 15.0 Å². The number of hydrogen-bond acceptors (Lipinski definition) is 5. The Morgan fingerprint density at radius 3 is 2.60 bits per heavy atom. The van der Waals surface area contributed by atoms with Gasteiger partial charge in [-0.05, 0) is 60.5 Å². The van der Waals surface area contributed by atoms with Crippen LogP contribution in [-0.2, 0) is 4.79 Å². The maximum absolute atomic E-state index is 13.2. The highest BCUT2D eigenvalue weighted by Gasteiger charge is 2.13. The van der Waals surface area contributed by atoms with E-state index in [-0.39, 0.29) is 18.5 Å². The van der Waals surface area contributed by atoms with Gasteiger partial charge in [0.1, 0.15) is 29.4 Å². The van der Waals surface area contributed by atoms with Crippen LogP contribution in [0.25, 0.3) is 22.3 Å². The van der Waals surface area contributed by atoms with E-state index in [0.717, 1.165) is 22.2 Å². The number of hydrogen-bond donors (Lipinski definition) is 3. The number of aliphatic carboxylic acids is 1. The molecule has 1 atom stereocenters. The first-order chi connectivity index (χ1) is 14.5. The van der Waals surface area contributed by atoms with Gasteiger partial charge < -0.3 is 20.1 Å². The van der Waals surface area contributed by atoms with E-state index in [1.807, 2.05) is 25.1 Å². The standard InChI is InChI=1S/C22H19FN4O3/c1-13(14-2-6-16(23)7-3-14)26-21-18-10-19(27-22(18)25-12-24-21)15-4-8-17(9-5-15)30-11-20(28)29/h2-10,12-13H,11H2,1H3,(H,28,29)(H2,24,25,26,27). The summed E-state index contributed by atoms with van der Waals surface area (Å²) in [6, 6.07) is 15.3. The smallest absolute Gasteiger partial charge is 0.341 e. The molecule has 4 aromatic rings. The van der Waals surface area contributed by atoms with Crippen LogP contribution in [0.2, 0.25) is 0 Å². The lowest BCUT2D eigenvalue weighted by atomic mass is 10.1. The molecule has 0 saturated carbocycles. The van der Waals surface area contributed by atoms with Crippen LogP contribution in [0.4, 0.5) is 10.2 Å². The van der Waals surface area contributed by atoms with Crippen molar-refractivity contribution in [2.45, 2.75) is 13.0 Å². The Morgan fingerprint density at radius 1 is 1.17 bits per heavy atom. The van der Waals surface area contributed by atoms with Gasteiger partial charge in [-0.2, -0.15) is 0 Å². The fourth-order valence-corrected chi connectivity index (χ4v) is 3.13. The number of carboxylic acids is 1. The number of nitrogens with one attached hydrogen (secondary N) is 2. The Balaban J connectivity index is 1.57. The molecule has 0 saturated heterocycles. The van der Waals surface area contributed by atoms with Crippen molar-refractivity contribution in [1.29, 1.82) is 0 Å². The molecule has 7 nitrogen and oxygen atoms in total. The van der Waals surface area contributed by atoms with Gasteiger partial charge in [-0.25, -0.2) is 19.2 Å². The SMILES string of the molecule is CC(Nc1ncnc2[nH]c(-c3ccc(OCC(=O)O)cc3)cc12)c1ccc(F)cc1. The zero-order chi connectivity index (χ0) is 21.1. The molecule has 2 aromatic carbocycles. The van der Waals surface area contributed by atoms with Crippen LogP contribution in [0.15, 0.2) is 60.9 Å². The molecule has 0 fully saturated rings. The van der Waals surface area contributed by atoms with Gasteiger partial charge in [-0.15, -0.1) is 0 Å². The number of rotatable bonds is 7. The predicted molar refractivity (Wildman–Crippen MR) is 111 cm³/mol. The Bertz CT molecular complexity index is 1170. The number of benzene rings is 2. The number of H-pyrrole nitrogens is 1. The van der Waals surface area contributed by atoms with Crippen LogP contribution in [0.5, 0.6) is 5.75 Å². The van der Waals surface area contributed by atoms with Crippen molar-refractivity contribution in [2.24, 2.45) is 0 Å². The molecule has 1 unspecified atom stereocenters. The normalized spacial score (nSPS) is 11.9. The minimum absolute atomic E-state index is 0.0762. The van der Waals surface area contributed by atoms with Crippen molar-refractivity contribution in [2.75, 3.05) is 11.9 Å². The van der Waals surface area contributed by atoms with E-state index in [0.29, 0.717) is 17.2 Å². The molecular weight excluding hydrogens is 387 g/mol. The minimum atomic E-state index is -1.02. The molecule has 4 rings (SSSR count). The third-order valence-electron chi connectivity index (χ3n) is 4.68. The number of nitrogens with zero attached hydrogens (tertiary/aromatic N) is 2. The molecule has 0 aliphatic heterocycles. The molecule has 8 heteroatoms. The summed E-state index contributed by atoms with van der Waals surface area (Å²) in [5.41, 5.74) is 3.36. The Morgan fingerprint density at radius 2 is 1.90 bits per heavy atom. The Labute approximate surface area is 171 Å². The van der Waals surface area contributed by atoms with Crippen molar-refractivity contribution < 1.29 is 19.0 Å². The van der Waals surface area contributed by atoms with Crippen molar-refractivity contribution in [3.63, 3.8) is 0 Å². The highest BCUT2D eigenvalue weighted by Crippen LogP contribution is 2.29. The van der Waals surface area contributed by atoms with Gasteiger partial charge >= 0.3 is 5.97 Å². The quantitative estimate of drug-likeness (QED) is 0.421. The summed E-state index contributed by atoms with van der Waals surface area (Å²) in [6.45, 7) is 1.59. The summed E-state index contributed by atoms with van der Waals surface area (Å²) in [5.74, 6) is -0.151. The average Bonchev–Trinajstić information content (AvgIpc) is 3.18. The van der Waals surface area contributed by atoms with Crippen LogP contribution in [-0.4, -0.2) is 32.6 Å². The van der Waals surface area contributed by atoms with Crippen molar-refractivity contribution >= 4 is 22.8 Å². The molecule has 2 aromatic heterocycles. The molecule has 0 aliphatic carbocycles. The second-order valence-corrected chi connectivity index (χ2v) is 6.79. The Kier molecular flexibility index (Phi) is 5.30. The molecule has 0 aliphatic rings. The summed E-state index contributed by atoms with van der Waals surface area (Å²) < 4.78 is 18.3. The maximum Gasteiger partial charge on any atom is 0.341 e. The second-order valence-electron chi connectivity index (χ2n) is 6.79. The number of carbonyl (C=O) groups is 1. The summed E-state index contributed by atoms with van der Waals surface area (Å²) in [6.07, 6.45) is 1.48. The molecule has 2 heterocycles. The number of aromatic nitrogens is 3. The zero-order valence-corrected chi connectivity index (χ0v) is 16.1. The monoisotopic (exact) mass is 406 g/mol. The maximum atomic E-state index is 13.2. The van der Waals surface area contributed by atoms with Gasteiger partial charge in [-0.1, -0.05) is 12.1 Å². The highest BCUT2D eigenvalue weighted by molar-refractivity contribution is 5.91. The number of ether oxygens (including phenoxy) is 1. The first-order valence-corrected chi connectivity index (χ1v) is 9.30. The van der Waals surface area contributed by atoms with Crippen LogP contribution >= 0.6 is 0 Å². The lowest BCUT2D eigenvalue weighted by molar-refractivity contribution is -0.139. The molecule has 0 radical (unpaired) electrons. The topological polar surface area (TPSA) is 100 Å². The molecule has 0 amide bonds. The van der Waals surface area contributed by atoms with E-state index < -0.39 is 5.97 Å². The minimum Gasteiger partial charge on any atom is -0.482 e. The lowest BCUT2D eigenvalue weighted by Gasteiger charge is -2.15. The largest absolute Gasteiger partial charge is 0.482 e. The fraction of sp³-hybridized carbons (Fsp3) is 0.136. The van der Waals surface area contributed by atoms with E-state index in [4.69, 9.17) is 9.84 Å². The summed E-state index contributed by atoms with van der Waals surface area (Å²) >= 11 is 0. The second kappa shape index (κ2) is 8.20. The van der Waals surface area contributed by atoms with Gasteiger partial charge in [-0.3, -0.25) is 0 Å². The molecule has 152 valence electrons. The average molecular weight is 406 g/mol. The van der Waals surface area contributed by atoms with Gasteiger partial charge in [0.15, 0.2) is 6.61 Å². The highest BCUT2D eigenvalue weighted by atomic mass is 19.1. The van der Waals surface area contributed by atoms with E-state index in [2.05, 4.69) is 20.3 Å². The van der Waals surface area contributed by atoms with E-state index >= 15 is 0 Å². The number of halogens is 1. The van der Waals surface area contributed by atoms with Crippen molar-refractivity contribution in [3.8, 4) is 17.0 Å². The Hall–Kier alpha value is -3.94. The van der Waals surface area contributed by atoms with E-state index in [1.54, 1.807) is 24.3 Å². The zero-order valence-electron chi connectivity index (χ0n) is 16.1. The molecule has 30 heavy (non-hydrogen) atoms.